The smallest absolute Gasteiger partial charge is 0.138 e. The number of nitrogens with one attached hydrogen (secondary N) is 1. The first-order valence-corrected chi connectivity index (χ1v) is 7.12. The van der Waals surface area contributed by atoms with E-state index in [9.17, 15) is 0 Å². The number of hydrogen-bond donors (Lipinski definition) is 1. The van der Waals surface area contributed by atoms with E-state index in [0.29, 0.717) is 0 Å². The number of thiophene rings is 1. The van der Waals surface area contributed by atoms with Gasteiger partial charge in [-0.05, 0) is 23.6 Å². The number of aromatic nitrogens is 3. The van der Waals surface area contributed by atoms with Gasteiger partial charge in [0.1, 0.15) is 17.0 Å². The third-order valence-corrected chi connectivity index (χ3v) is 3.54. The third kappa shape index (κ3) is 2.92. The van der Waals surface area contributed by atoms with Gasteiger partial charge in [0.15, 0.2) is 0 Å². The second-order valence-electron chi connectivity index (χ2n) is 4.08. The molecule has 3 rings (SSSR count). The summed E-state index contributed by atoms with van der Waals surface area (Å²) in [5.41, 5.74) is 0.988. The summed E-state index contributed by atoms with van der Waals surface area (Å²) < 4.78 is 0. The fourth-order valence-corrected chi connectivity index (χ4v) is 2.51. The zero-order valence-corrected chi connectivity index (χ0v) is 11.5. The Kier molecular flexibility index (Phi) is 3.86. The van der Waals surface area contributed by atoms with Crippen LogP contribution in [0.2, 0.25) is 0 Å². The largest absolute Gasteiger partial charge is 0.368 e. The number of hydrogen-bond acceptors (Lipinski definition) is 5. The Balaban J connectivity index is 1.58. The quantitative estimate of drug-likeness (QED) is 0.592. The normalized spacial score (nSPS) is 10.0. The molecule has 1 N–H and O–H groups in total. The highest BCUT2D eigenvalue weighted by Crippen LogP contribution is 2.23. The van der Waals surface area contributed by atoms with Crippen LogP contribution in [-0.4, -0.2) is 21.5 Å². The Morgan fingerprint density at radius 3 is 2.95 bits per heavy atom. The van der Waals surface area contributed by atoms with Gasteiger partial charge >= 0.3 is 0 Å². The molecule has 0 fully saturated rings. The predicted octanol–water partition coefficient (Wildman–Crippen LogP) is 2.94. The number of anilines is 1. The molecule has 3 aromatic heterocycles. The van der Waals surface area contributed by atoms with Crippen LogP contribution in [0.5, 0.6) is 0 Å². The molecule has 3 aromatic rings. The van der Waals surface area contributed by atoms with E-state index in [1.165, 1.54) is 0 Å². The lowest BCUT2D eigenvalue weighted by atomic mass is 10.2. The van der Waals surface area contributed by atoms with Gasteiger partial charge in [-0.1, -0.05) is 11.8 Å². The van der Waals surface area contributed by atoms with Crippen molar-refractivity contribution in [1.82, 2.24) is 15.0 Å². The van der Waals surface area contributed by atoms with Crippen LogP contribution in [0, 0.1) is 11.8 Å². The molecule has 0 saturated carbocycles. The van der Waals surface area contributed by atoms with Crippen molar-refractivity contribution >= 4 is 27.4 Å². The van der Waals surface area contributed by atoms with E-state index in [2.05, 4.69) is 32.1 Å². The summed E-state index contributed by atoms with van der Waals surface area (Å²) >= 11 is 1.62. The summed E-state index contributed by atoms with van der Waals surface area (Å²) in [5, 5.41) is 6.39. The van der Waals surface area contributed by atoms with Crippen molar-refractivity contribution in [3.8, 4) is 11.8 Å². The number of rotatable bonds is 3. The first kappa shape index (κ1) is 12.6. The summed E-state index contributed by atoms with van der Waals surface area (Å²) in [6.07, 6.45) is 5.84. The molecule has 0 aromatic carbocycles. The highest BCUT2D eigenvalue weighted by molar-refractivity contribution is 7.16. The van der Waals surface area contributed by atoms with E-state index in [-0.39, 0.29) is 0 Å². The SMILES string of the molecule is C(#Cc1ccncc1)CCNc1ncnc2sccc12. The average molecular weight is 280 g/mol. The topological polar surface area (TPSA) is 50.7 Å². The van der Waals surface area contributed by atoms with E-state index >= 15 is 0 Å². The molecule has 0 amide bonds. The highest BCUT2D eigenvalue weighted by Gasteiger charge is 2.02. The van der Waals surface area contributed by atoms with Gasteiger partial charge in [0.2, 0.25) is 0 Å². The van der Waals surface area contributed by atoms with Crippen LogP contribution in [0.4, 0.5) is 5.82 Å². The lowest BCUT2D eigenvalue weighted by molar-refractivity contribution is 1.07. The second-order valence-corrected chi connectivity index (χ2v) is 4.97. The highest BCUT2D eigenvalue weighted by atomic mass is 32.1. The van der Waals surface area contributed by atoms with Gasteiger partial charge in [0, 0.05) is 30.9 Å². The fraction of sp³-hybridized carbons (Fsp3) is 0.133. The third-order valence-electron chi connectivity index (χ3n) is 2.72. The molecule has 0 unspecified atom stereocenters. The van der Waals surface area contributed by atoms with Crippen molar-refractivity contribution in [2.24, 2.45) is 0 Å². The molecule has 0 spiro atoms. The standard InChI is InChI=1S/C15H12N4S/c1(3-12-4-8-16-9-5-12)2-7-17-14-13-6-10-20-15(13)19-11-18-14/h4-6,8-11H,2,7H2,(H,17,18,19). The van der Waals surface area contributed by atoms with Gasteiger partial charge in [-0.2, -0.15) is 0 Å². The van der Waals surface area contributed by atoms with Gasteiger partial charge in [-0.15, -0.1) is 11.3 Å². The zero-order chi connectivity index (χ0) is 13.6. The van der Waals surface area contributed by atoms with Crippen molar-refractivity contribution < 1.29 is 0 Å². The molecule has 0 saturated heterocycles. The van der Waals surface area contributed by atoms with Crippen LogP contribution in [0.25, 0.3) is 10.2 Å². The minimum absolute atomic E-state index is 0.762. The Labute approximate surface area is 120 Å². The van der Waals surface area contributed by atoms with E-state index in [4.69, 9.17) is 0 Å². The van der Waals surface area contributed by atoms with Crippen LogP contribution in [0.1, 0.15) is 12.0 Å². The Bertz CT molecular complexity index is 755. The number of nitrogens with zero attached hydrogens (tertiary/aromatic N) is 3. The molecule has 0 aliphatic rings. The molecule has 98 valence electrons. The van der Waals surface area contributed by atoms with Crippen LogP contribution < -0.4 is 5.32 Å². The zero-order valence-electron chi connectivity index (χ0n) is 10.7. The maximum atomic E-state index is 4.26. The van der Waals surface area contributed by atoms with Crippen LogP contribution in [-0.2, 0) is 0 Å². The second kappa shape index (κ2) is 6.13. The average Bonchev–Trinajstić information content (AvgIpc) is 2.97. The molecule has 0 radical (unpaired) electrons. The van der Waals surface area contributed by atoms with Gasteiger partial charge in [-0.25, -0.2) is 9.97 Å². The van der Waals surface area contributed by atoms with Gasteiger partial charge in [-0.3, -0.25) is 4.98 Å². The lowest BCUT2D eigenvalue weighted by Crippen LogP contribution is -2.02. The summed E-state index contributed by atoms with van der Waals surface area (Å²) in [5.74, 6) is 7.11. The molecule has 4 nitrogen and oxygen atoms in total. The summed E-state index contributed by atoms with van der Waals surface area (Å²) in [4.78, 5) is 13.4. The van der Waals surface area contributed by atoms with Crippen molar-refractivity contribution in [3.63, 3.8) is 0 Å². The summed E-state index contributed by atoms with van der Waals surface area (Å²) in [6, 6.07) is 5.84. The molecule has 5 heteroatoms. The van der Waals surface area contributed by atoms with Crippen LogP contribution in [0.15, 0.2) is 42.3 Å². The van der Waals surface area contributed by atoms with E-state index in [1.54, 1.807) is 30.1 Å². The number of fused-ring (bicyclic) bond motifs is 1. The van der Waals surface area contributed by atoms with E-state index in [0.717, 1.165) is 34.6 Å². The molecule has 0 aliphatic carbocycles. The summed E-state index contributed by atoms with van der Waals surface area (Å²) in [7, 11) is 0. The van der Waals surface area contributed by atoms with E-state index in [1.807, 2.05) is 23.6 Å². The van der Waals surface area contributed by atoms with Crippen molar-refractivity contribution in [3.05, 3.63) is 47.9 Å². The Morgan fingerprint density at radius 2 is 2.05 bits per heavy atom. The molecule has 20 heavy (non-hydrogen) atoms. The first-order valence-electron chi connectivity index (χ1n) is 6.24. The monoisotopic (exact) mass is 280 g/mol. The maximum Gasteiger partial charge on any atom is 0.138 e. The van der Waals surface area contributed by atoms with Crippen LogP contribution in [0.3, 0.4) is 0 Å². The molecular formula is C15H12N4S. The van der Waals surface area contributed by atoms with Crippen LogP contribution >= 0.6 is 11.3 Å². The van der Waals surface area contributed by atoms with Gasteiger partial charge in [0.25, 0.3) is 0 Å². The van der Waals surface area contributed by atoms with Crippen molar-refractivity contribution in [2.75, 3.05) is 11.9 Å². The van der Waals surface area contributed by atoms with Gasteiger partial charge < -0.3 is 5.32 Å². The minimum Gasteiger partial charge on any atom is -0.368 e. The fourth-order valence-electron chi connectivity index (χ4n) is 1.77. The molecule has 0 aliphatic heterocycles. The Morgan fingerprint density at radius 1 is 1.15 bits per heavy atom. The Hall–Kier alpha value is -2.45. The first-order chi connectivity index (χ1) is 9.93. The van der Waals surface area contributed by atoms with Crippen molar-refractivity contribution in [1.29, 1.82) is 0 Å². The number of pyridine rings is 1. The molecule has 3 heterocycles. The van der Waals surface area contributed by atoms with Crippen molar-refractivity contribution in [2.45, 2.75) is 6.42 Å². The summed E-state index contributed by atoms with van der Waals surface area (Å²) in [6.45, 7) is 0.764. The maximum absolute atomic E-state index is 4.26. The lowest BCUT2D eigenvalue weighted by Gasteiger charge is -2.03. The predicted molar refractivity (Wildman–Crippen MR) is 81.6 cm³/mol. The van der Waals surface area contributed by atoms with E-state index < -0.39 is 0 Å². The molecule has 0 bridgehead atoms. The molecule has 0 atom stereocenters. The molecular weight excluding hydrogens is 268 g/mol. The minimum atomic E-state index is 0.762. The van der Waals surface area contributed by atoms with Gasteiger partial charge in [0.05, 0.1) is 5.39 Å².